The number of aryl methyl sites for hydroxylation is 2. The van der Waals surface area contributed by atoms with Crippen LogP contribution in [-0.2, 0) is 11.6 Å². The summed E-state index contributed by atoms with van der Waals surface area (Å²) in [6.45, 7) is 4.07. The Labute approximate surface area is 194 Å². The third kappa shape index (κ3) is 7.15. The van der Waals surface area contributed by atoms with Gasteiger partial charge in [0.25, 0.3) is 0 Å². The van der Waals surface area contributed by atoms with Crippen molar-refractivity contribution in [2.45, 2.75) is 13.8 Å². The van der Waals surface area contributed by atoms with Gasteiger partial charge in [0, 0.05) is 13.1 Å². The maximum absolute atomic E-state index is 8.84. The van der Waals surface area contributed by atoms with Crippen LogP contribution in [0.3, 0.4) is 0 Å². The average Bonchev–Trinajstić information content (AvgIpc) is 2.77. The van der Waals surface area contributed by atoms with Crippen molar-refractivity contribution < 1.29 is 18.3 Å². The van der Waals surface area contributed by atoms with Crippen LogP contribution in [0.15, 0.2) is 36.7 Å². The van der Waals surface area contributed by atoms with Crippen molar-refractivity contribution in [3.8, 4) is 5.88 Å². The number of benzene rings is 1. The molecule has 3 aromatic rings. The molecule has 170 valence electrons. The molecule has 1 aromatic carbocycles. The summed E-state index contributed by atoms with van der Waals surface area (Å²) in [5, 5.41) is 18.8. The van der Waals surface area contributed by atoms with E-state index in [0.29, 0.717) is 22.7 Å². The fourth-order valence-corrected chi connectivity index (χ4v) is 2.77. The standard InChI is InChI=1S/C20H23ClN6O2.O2S/c1-12-4-5-15(16(8-12)22-3)25-19-14(21)10-24-20(27-19)26-17-11-23-18(9-13(17)2)29-7-6-28;1-3-2/h4-5,8-11,22,28H,6-7H2,1-3H3,(H2,24,25,26,27);. The number of nitrogens with one attached hydrogen (secondary N) is 3. The Balaban J connectivity index is 0.00000114. The largest absolute Gasteiger partial charge is 0.475 e. The van der Waals surface area contributed by atoms with E-state index in [2.05, 4.69) is 30.9 Å². The number of halogens is 1. The molecule has 32 heavy (non-hydrogen) atoms. The first-order chi connectivity index (χ1) is 15.4. The zero-order valence-corrected chi connectivity index (χ0v) is 19.3. The van der Waals surface area contributed by atoms with E-state index in [-0.39, 0.29) is 13.2 Å². The summed E-state index contributed by atoms with van der Waals surface area (Å²) in [7, 11) is 1.86. The van der Waals surface area contributed by atoms with Gasteiger partial charge in [-0.25, -0.2) is 9.97 Å². The van der Waals surface area contributed by atoms with Crippen molar-refractivity contribution in [2.75, 3.05) is 36.2 Å². The number of hydrogen-bond donors (Lipinski definition) is 4. The molecular weight excluding hydrogens is 456 g/mol. The lowest BCUT2D eigenvalue weighted by Crippen LogP contribution is -2.06. The Morgan fingerprint density at radius 2 is 1.81 bits per heavy atom. The molecule has 0 bridgehead atoms. The fourth-order valence-electron chi connectivity index (χ4n) is 2.63. The number of aromatic nitrogens is 3. The van der Waals surface area contributed by atoms with Gasteiger partial charge >= 0.3 is 11.6 Å². The molecule has 2 aromatic heterocycles. The third-order valence-corrected chi connectivity index (χ3v) is 4.39. The number of aliphatic hydroxyl groups excluding tert-OH is 1. The van der Waals surface area contributed by atoms with E-state index >= 15 is 0 Å². The van der Waals surface area contributed by atoms with Gasteiger partial charge in [0.15, 0.2) is 5.82 Å². The van der Waals surface area contributed by atoms with Crippen LogP contribution in [0.2, 0.25) is 5.02 Å². The molecule has 0 aliphatic rings. The van der Waals surface area contributed by atoms with E-state index in [1.165, 1.54) is 6.20 Å². The predicted molar refractivity (Wildman–Crippen MR) is 125 cm³/mol. The van der Waals surface area contributed by atoms with Crippen LogP contribution in [0.25, 0.3) is 0 Å². The van der Waals surface area contributed by atoms with Crippen LogP contribution >= 0.6 is 11.6 Å². The van der Waals surface area contributed by atoms with Gasteiger partial charge in [-0.2, -0.15) is 13.4 Å². The first kappa shape index (κ1) is 25.0. The summed E-state index contributed by atoms with van der Waals surface area (Å²) in [4.78, 5) is 12.9. The van der Waals surface area contributed by atoms with Gasteiger partial charge in [0.2, 0.25) is 11.8 Å². The Bertz CT molecular complexity index is 1100. The number of pyridine rings is 1. The monoisotopic (exact) mass is 478 g/mol. The van der Waals surface area contributed by atoms with Crippen LogP contribution in [0.4, 0.5) is 28.8 Å². The minimum atomic E-state index is -0.750. The quantitative estimate of drug-likeness (QED) is 0.381. The molecule has 0 fully saturated rings. The molecule has 3 rings (SSSR count). The summed E-state index contributed by atoms with van der Waals surface area (Å²) in [5.74, 6) is 1.31. The molecule has 0 unspecified atom stereocenters. The molecule has 0 aliphatic heterocycles. The van der Waals surface area contributed by atoms with Gasteiger partial charge in [-0.15, -0.1) is 0 Å². The Morgan fingerprint density at radius 1 is 1.06 bits per heavy atom. The Hall–Kier alpha value is -3.28. The molecule has 2 heterocycles. The summed E-state index contributed by atoms with van der Waals surface area (Å²) in [5.41, 5.74) is 4.57. The molecular formula is C20H23ClN6O4S. The van der Waals surface area contributed by atoms with E-state index in [9.17, 15) is 0 Å². The topological polar surface area (TPSA) is 138 Å². The lowest BCUT2D eigenvalue weighted by Gasteiger charge is -2.14. The van der Waals surface area contributed by atoms with E-state index in [4.69, 9.17) is 29.9 Å². The van der Waals surface area contributed by atoms with Crippen molar-refractivity contribution in [1.82, 2.24) is 15.0 Å². The zero-order valence-electron chi connectivity index (χ0n) is 17.7. The van der Waals surface area contributed by atoms with Crippen molar-refractivity contribution in [3.05, 3.63) is 52.8 Å². The van der Waals surface area contributed by atoms with Crippen molar-refractivity contribution in [3.63, 3.8) is 0 Å². The fraction of sp³-hybridized carbons (Fsp3) is 0.250. The highest BCUT2D eigenvalue weighted by Gasteiger charge is 2.10. The maximum atomic E-state index is 8.84. The van der Waals surface area contributed by atoms with Crippen molar-refractivity contribution in [1.29, 1.82) is 0 Å². The minimum Gasteiger partial charge on any atom is -0.475 e. The molecule has 4 N–H and O–H groups in total. The second-order valence-corrected chi connectivity index (χ2v) is 6.96. The summed E-state index contributed by atoms with van der Waals surface area (Å²) in [6.07, 6.45) is 3.17. The van der Waals surface area contributed by atoms with Crippen LogP contribution in [-0.4, -0.2) is 48.7 Å². The van der Waals surface area contributed by atoms with Crippen molar-refractivity contribution >= 4 is 52.0 Å². The molecule has 0 amide bonds. The van der Waals surface area contributed by atoms with Gasteiger partial charge < -0.3 is 25.8 Å². The molecule has 0 radical (unpaired) electrons. The number of ether oxygens (including phenoxy) is 1. The van der Waals surface area contributed by atoms with Gasteiger partial charge in [0.05, 0.1) is 36.1 Å². The summed E-state index contributed by atoms with van der Waals surface area (Å²) in [6, 6.07) is 7.78. The average molecular weight is 479 g/mol. The summed E-state index contributed by atoms with van der Waals surface area (Å²) < 4.78 is 21.9. The number of aliphatic hydroxyl groups is 1. The molecule has 0 spiro atoms. The molecule has 0 aliphatic carbocycles. The van der Waals surface area contributed by atoms with Crippen LogP contribution in [0.5, 0.6) is 5.88 Å². The number of hydrogen-bond acceptors (Lipinski definition) is 10. The third-order valence-electron chi connectivity index (χ3n) is 4.12. The highest BCUT2D eigenvalue weighted by molar-refractivity contribution is 7.51. The lowest BCUT2D eigenvalue weighted by atomic mass is 10.2. The van der Waals surface area contributed by atoms with Crippen LogP contribution < -0.4 is 20.7 Å². The molecule has 10 nitrogen and oxygen atoms in total. The Kier molecular flexibility index (Phi) is 9.79. The predicted octanol–water partition coefficient (Wildman–Crippen LogP) is 3.37. The van der Waals surface area contributed by atoms with Gasteiger partial charge in [0.1, 0.15) is 11.6 Å². The molecule has 12 heteroatoms. The van der Waals surface area contributed by atoms with Crippen LogP contribution in [0, 0.1) is 13.8 Å². The van der Waals surface area contributed by atoms with Gasteiger partial charge in [-0.1, -0.05) is 17.7 Å². The van der Waals surface area contributed by atoms with E-state index in [0.717, 1.165) is 28.2 Å². The number of nitrogens with zero attached hydrogens (tertiary/aromatic N) is 3. The SMILES string of the molecule is CNc1cc(C)ccc1Nc1nc(Nc2cnc(OCCO)cc2C)ncc1Cl.O=S=O. The summed E-state index contributed by atoms with van der Waals surface area (Å²) >= 11 is 5.54. The molecule has 0 atom stereocenters. The van der Waals surface area contributed by atoms with Gasteiger partial charge in [-0.05, 0) is 37.1 Å². The number of anilines is 5. The molecule has 0 saturated heterocycles. The highest BCUT2D eigenvalue weighted by atomic mass is 35.5. The first-order valence-corrected chi connectivity index (χ1v) is 10.4. The Morgan fingerprint density at radius 3 is 2.47 bits per heavy atom. The van der Waals surface area contributed by atoms with E-state index < -0.39 is 11.6 Å². The first-order valence-electron chi connectivity index (χ1n) is 9.38. The maximum Gasteiger partial charge on any atom is 0.335 e. The second-order valence-electron chi connectivity index (χ2n) is 6.42. The smallest absolute Gasteiger partial charge is 0.335 e. The van der Waals surface area contributed by atoms with E-state index in [1.807, 2.05) is 39.1 Å². The minimum absolute atomic E-state index is 0.0641. The van der Waals surface area contributed by atoms with Gasteiger partial charge in [-0.3, -0.25) is 0 Å². The zero-order chi connectivity index (χ0) is 23.5. The lowest BCUT2D eigenvalue weighted by molar-refractivity contribution is 0.196. The molecule has 0 saturated carbocycles. The number of rotatable bonds is 8. The highest BCUT2D eigenvalue weighted by Crippen LogP contribution is 2.30. The second kappa shape index (κ2) is 12.5. The normalized spacial score (nSPS) is 9.91. The van der Waals surface area contributed by atoms with Crippen LogP contribution in [0.1, 0.15) is 11.1 Å². The van der Waals surface area contributed by atoms with E-state index in [1.54, 1.807) is 12.3 Å². The van der Waals surface area contributed by atoms with Crippen molar-refractivity contribution in [2.24, 2.45) is 0 Å².